The number of benzene rings is 3. The fourth-order valence-corrected chi connectivity index (χ4v) is 11.3. The number of ether oxygens (including phenoxy) is 4. The van der Waals surface area contributed by atoms with Gasteiger partial charge in [0.05, 0.1) is 19.1 Å². The molecular formula is C49H51N3O7. The lowest BCUT2D eigenvalue weighted by Crippen LogP contribution is -2.41. The van der Waals surface area contributed by atoms with Gasteiger partial charge in [0.15, 0.2) is 11.5 Å². The van der Waals surface area contributed by atoms with Crippen molar-refractivity contribution in [2.45, 2.75) is 107 Å². The van der Waals surface area contributed by atoms with Gasteiger partial charge < -0.3 is 40.2 Å². The molecule has 5 atom stereocenters. The fourth-order valence-electron chi connectivity index (χ4n) is 11.3. The zero-order valence-electron chi connectivity index (χ0n) is 33.7. The Labute approximate surface area is 345 Å². The molecule has 0 amide bonds. The Kier molecular flexibility index (Phi) is 9.47. The van der Waals surface area contributed by atoms with Gasteiger partial charge >= 0.3 is 5.97 Å². The van der Waals surface area contributed by atoms with Gasteiger partial charge in [-0.2, -0.15) is 0 Å². The number of hydrogen-bond donors (Lipinski definition) is 4. The van der Waals surface area contributed by atoms with Crippen LogP contribution >= 0.6 is 0 Å². The van der Waals surface area contributed by atoms with E-state index in [2.05, 4.69) is 47.5 Å². The molecule has 10 nitrogen and oxygen atoms in total. The summed E-state index contributed by atoms with van der Waals surface area (Å²) in [5, 5.41) is 26.5. The number of aromatic nitrogens is 1. The lowest BCUT2D eigenvalue weighted by molar-refractivity contribution is -0.141. The maximum atomic E-state index is 12.6. The fraction of sp³-hybridized carbons (Fsp3) is 0.429. The van der Waals surface area contributed by atoms with E-state index in [1.807, 2.05) is 12.1 Å². The highest BCUT2D eigenvalue weighted by molar-refractivity contribution is 5.84. The topological polar surface area (TPSA) is 145 Å². The van der Waals surface area contributed by atoms with Crippen LogP contribution < -0.4 is 25.3 Å². The van der Waals surface area contributed by atoms with Crippen LogP contribution in [0.15, 0.2) is 48.5 Å². The zero-order valence-corrected chi connectivity index (χ0v) is 33.7. The Morgan fingerprint density at radius 2 is 1.92 bits per heavy atom. The Balaban J connectivity index is 1.20. The molecule has 1 aromatic heterocycles. The quantitative estimate of drug-likeness (QED) is 0.116. The molecule has 2 fully saturated rings. The van der Waals surface area contributed by atoms with Crippen molar-refractivity contribution in [3.05, 3.63) is 93.2 Å². The molecule has 0 unspecified atom stereocenters. The summed E-state index contributed by atoms with van der Waals surface area (Å²) in [6.45, 7) is 1.90. The Bertz CT molecular complexity index is 2460. The Morgan fingerprint density at radius 3 is 2.75 bits per heavy atom. The molecule has 1 spiro atoms. The normalized spacial score (nSPS) is 24.9. The molecule has 4 aromatic rings. The summed E-state index contributed by atoms with van der Waals surface area (Å²) in [5.74, 6) is 8.83. The molecule has 4 heterocycles. The van der Waals surface area contributed by atoms with Crippen LogP contribution in [0, 0.1) is 17.8 Å². The summed E-state index contributed by atoms with van der Waals surface area (Å²) < 4.78 is 25.9. The first kappa shape index (κ1) is 37.6. The number of phenols is 2. The molecule has 0 radical (unpaired) electrons. The zero-order chi connectivity index (χ0) is 40.4. The molecule has 6 aliphatic rings. The van der Waals surface area contributed by atoms with Crippen LogP contribution in [0.2, 0.25) is 0 Å². The number of carbonyl (C=O) groups is 1. The van der Waals surface area contributed by atoms with Gasteiger partial charge in [0, 0.05) is 58.7 Å². The molecule has 3 aliphatic carbocycles. The number of esters is 1. The van der Waals surface area contributed by atoms with Crippen molar-refractivity contribution in [2.75, 3.05) is 26.1 Å². The lowest BCUT2D eigenvalue weighted by Gasteiger charge is -2.39. The van der Waals surface area contributed by atoms with E-state index in [9.17, 15) is 15.0 Å². The Morgan fingerprint density at radius 1 is 1.05 bits per heavy atom. The SMILES string of the molecule is COc1cc(O)cc2c1-c1ccc3c4c1[C@@]1(CC[C@H](Cc5ccc(N)nc5C#CCc5cc(O)c6c(c5[C@@H](O4)[C@H]3COC(C)=O)C=C[C@@H](NC3CCCCC3)CO6)C1)C2. The van der Waals surface area contributed by atoms with E-state index in [0.717, 1.165) is 94.3 Å². The van der Waals surface area contributed by atoms with E-state index in [1.54, 1.807) is 19.2 Å². The third-order valence-corrected chi connectivity index (χ3v) is 13.8. The summed E-state index contributed by atoms with van der Waals surface area (Å²) in [5.41, 5.74) is 15.2. The maximum absolute atomic E-state index is 12.6. The van der Waals surface area contributed by atoms with Gasteiger partial charge in [-0.05, 0) is 97.2 Å². The number of pyridine rings is 1. The van der Waals surface area contributed by atoms with Crippen LogP contribution in [0.4, 0.5) is 5.82 Å². The van der Waals surface area contributed by atoms with Crippen LogP contribution in [0.1, 0.15) is 115 Å². The summed E-state index contributed by atoms with van der Waals surface area (Å²) in [6.07, 6.45) is 14.2. The van der Waals surface area contributed by atoms with E-state index < -0.39 is 6.10 Å². The maximum Gasteiger partial charge on any atom is 0.302 e. The minimum atomic E-state index is -0.610. The van der Waals surface area contributed by atoms with Crippen molar-refractivity contribution in [2.24, 2.45) is 5.92 Å². The van der Waals surface area contributed by atoms with Crippen LogP contribution in [0.5, 0.6) is 28.7 Å². The molecule has 2 saturated carbocycles. The average Bonchev–Trinajstić information content (AvgIpc) is 3.71. The molecular weight excluding hydrogens is 743 g/mol. The first-order chi connectivity index (χ1) is 28.7. The number of anilines is 1. The minimum absolute atomic E-state index is 0.0387. The van der Waals surface area contributed by atoms with Gasteiger partial charge in [0.25, 0.3) is 0 Å². The lowest BCUT2D eigenvalue weighted by atomic mass is 9.65. The first-order valence-electron chi connectivity index (χ1n) is 21.3. The summed E-state index contributed by atoms with van der Waals surface area (Å²) in [6, 6.07) is 13.9. The Hall–Kier alpha value is -5.66. The largest absolute Gasteiger partial charge is 0.508 e. The highest BCUT2D eigenvalue weighted by atomic mass is 16.5. The molecule has 5 N–H and O–H groups in total. The molecule has 4 bridgehead atoms. The molecule has 59 heavy (non-hydrogen) atoms. The second-order valence-electron chi connectivity index (χ2n) is 17.5. The van der Waals surface area contributed by atoms with E-state index in [0.29, 0.717) is 54.4 Å². The van der Waals surface area contributed by atoms with E-state index in [1.165, 1.54) is 26.2 Å². The molecule has 304 valence electrons. The van der Waals surface area contributed by atoms with Gasteiger partial charge in [-0.15, -0.1) is 0 Å². The van der Waals surface area contributed by atoms with Crippen LogP contribution in [0.3, 0.4) is 0 Å². The highest BCUT2D eigenvalue weighted by Gasteiger charge is 2.51. The first-order valence-corrected chi connectivity index (χ1v) is 21.3. The number of nitrogen functional groups attached to an aromatic ring is 1. The smallest absolute Gasteiger partial charge is 0.302 e. The number of methoxy groups -OCH3 is 1. The van der Waals surface area contributed by atoms with Crippen molar-refractivity contribution in [1.82, 2.24) is 10.3 Å². The number of nitrogens with one attached hydrogen (secondary N) is 1. The van der Waals surface area contributed by atoms with E-state index in [4.69, 9.17) is 29.7 Å². The number of nitrogens with zero attached hydrogens (tertiary/aromatic N) is 1. The predicted octanol–water partition coefficient (Wildman–Crippen LogP) is 7.97. The van der Waals surface area contributed by atoms with E-state index in [-0.39, 0.29) is 41.4 Å². The van der Waals surface area contributed by atoms with Crippen molar-refractivity contribution in [3.63, 3.8) is 0 Å². The van der Waals surface area contributed by atoms with Gasteiger partial charge in [-0.1, -0.05) is 55.5 Å². The molecule has 0 saturated heterocycles. The predicted molar refractivity (Wildman–Crippen MR) is 225 cm³/mol. The van der Waals surface area contributed by atoms with Gasteiger partial charge in [0.1, 0.15) is 48.1 Å². The third kappa shape index (κ3) is 6.64. The van der Waals surface area contributed by atoms with Gasteiger partial charge in [-0.25, -0.2) is 4.98 Å². The minimum Gasteiger partial charge on any atom is -0.508 e. The van der Waals surface area contributed by atoms with Crippen LogP contribution in [0.25, 0.3) is 17.2 Å². The number of rotatable bonds is 5. The second-order valence-corrected chi connectivity index (χ2v) is 17.5. The monoisotopic (exact) mass is 793 g/mol. The third-order valence-electron chi connectivity index (χ3n) is 13.8. The van der Waals surface area contributed by atoms with Crippen molar-refractivity contribution >= 4 is 17.9 Å². The number of carbonyl (C=O) groups excluding carboxylic acids is 1. The number of phenolic OH excluding ortho intramolecular Hbond substituents is 2. The number of hydrogen-bond acceptors (Lipinski definition) is 10. The summed E-state index contributed by atoms with van der Waals surface area (Å²) >= 11 is 0. The summed E-state index contributed by atoms with van der Waals surface area (Å²) in [4.78, 5) is 17.3. The van der Waals surface area contributed by atoms with Gasteiger partial charge in [-0.3, -0.25) is 4.79 Å². The van der Waals surface area contributed by atoms with E-state index >= 15 is 0 Å². The summed E-state index contributed by atoms with van der Waals surface area (Å²) in [7, 11) is 1.64. The number of fused-ring (bicyclic) bond motifs is 9. The van der Waals surface area contributed by atoms with Crippen molar-refractivity contribution in [3.8, 4) is 51.7 Å². The molecule has 3 aromatic carbocycles. The highest BCUT2D eigenvalue weighted by Crippen LogP contribution is 2.63. The molecule has 3 aliphatic heterocycles. The molecule has 10 rings (SSSR count). The van der Waals surface area contributed by atoms with Gasteiger partial charge in [0.2, 0.25) is 0 Å². The molecule has 10 heteroatoms. The van der Waals surface area contributed by atoms with Crippen LogP contribution in [-0.4, -0.2) is 53.6 Å². The number of aromatic hydroxyl groups is 2. The van der Waals surface area contributed by atoms with Crippen molar-refractivity contribution in [1.29, 1.82) is 0 Å². The standard InChI is InChI=1S/C49H51N3O7/c1-27(53)57-26-38-35-14-15-36-43-31(20-34(54)22-41(43)56-2)24-49-18-17-28(23-49)19-29-11-16-42(50)52-39(29)10-6-7-30-21-40(55)46-37(44(30)47(38)59-48(35)45(36)49)13-12-33(25-58-46)51-32-8-4-3-5-9-32/h11-16,20-22,28,32-33,38,47,51,54-55H,3-5,7-9,17-19,23-26H2,1-2H3,(H2,50,52)/t28-,33-,38+,47+,49-/m1/s1. The average molecular weight is 794 g/mol. The van der Waals surface area contributed by atoms with Crippen molar-refractivity contribution < 1.29 is 34.0 Å². The second kappa shape index (κ2) is 14.9. The van der Waals surface area contributed by atoms with Crippen LogP contribution in [-0.2, 0) is 34.2 Å². The number of nitrogens with two attached hydrogens (primary N) is 1.